The zero-order valence-electron chi connectivity index (χ0n) is 36.5. The van der Waals surface area contributed by atoms with E-state index < -0.39 is 14.4 Å². The Hall–Kier alpha value is -6.17. The molecule has 6 heteroatoms. The third kappa shape index (κ3) is 7.61. The van der Waals surface area contributed by atoms with E-state index in [4.69, 9.17) is 12.1 Å². The third-order valence-corrected chi connectivity index (χ3v) is 13.6. The Balaban J connectivity index is 0.000000164. The standard InChI is InChI=1S/C32H19N2O.C23H26NSi.Ir/c1-2-10-21-20(9-1)19-26-22(21)12-8-17-28(26)34-29-16-5-4-15-27(29)33-32(34)25-14-7-13-24-23-11-3-6-18-30(23)35-31(24)25;1-18(19-11-7-5-8-12-19)15-21-16-22(20-13-9-6-10-14-20)24-17-23(21)25(2,3)4;/h1-13,15-18H,19H2;5-13,16-18H,15H2,1-4H3;/q2*-1;/i;15D2;. The minimum Gasteiger partial charge on any atom is -0.501 e. The van der Waals surface area contributed by atoms with Crippen LogP contribution in [0, 0.1) is 12.1 Å². The number of rotatable bonds is 7. The van der Waals surface area contributed by atoms with Gasteiger partial charge in [0, 0.05) is 46.5 Å². The molecule has 0 amide bonds. The molecule has 61 heavy (non-hydrogen) atoms. The summed E-state index contributed by atoms with van der Waals surface area (Å²) < 4.78 is 26.8. The molecule has 1 atom stereocenters. The summed E-state index contributed by atoms with van der Waals surface area (Å²) in [5.41, 5.74) is 14.5. The van der Waals surface area contributed by atoms with Gasteiger partial charge in [-0.1, -0.05) is 146 Å². The van der Waals surface area contributed by atoms with Gasteiger partial charge in [0.1, 0.15) is 5.58 Å². The van der Waals surface area contributed by atoms with Crippen LogP contribution in [0.4, 0.5) is 0 Å². The minimum atomic E-state index is -1.77. The first-order chi connectivity index (χ1) is 30.1. The van der Waals surface area contributed by atoms with Gasteiger partial charge in [0.05, 0.1) is 30.5 Å². The number of aromatic nitrogens is 3. The number of para-hydroxylation sites is 3. The van der Waals surface area contributed by atoms with E-state index in [2.05, 4.69) is 114 Å². The largest absolute Gasteiger partial charge is 0.501 e. The molecule has 0 bridgehead atoms. The van der Waals surface area contributed by atoms with E-state index in [0.29, 0.717) is 0 Å². The molecule has 4 nitrogen and oxygen atoms in total. The smallest absolute Gasteiger partial charge is 0.120 e. The summed E-state index contributed by atoms with van der Waals surface area (Å²) in [5.74, 6) is 0.587. The van der Waals surface area contributed by atoms with Crippen molar-refractivity contribution in [2.24, 2.45) is 0 Å². The van der Waals surface area contributed by atoms with Gasteiger partial charge in [-0.05, 0) is 75.3 Å². The van der Waals surface area contributed by atoms with Crippen LogP contribution in [0.15, 0.2) is 174 Å². The fraction of sp³-hybridized carbons (Fsp3) is 0.127. The molecule has 301 valence electrons. The number of pyridine rings is 1. The second-order valence-corrected chi connectivity index (χ2v) is 21.5. The van der Waals surface area contributed by atoms with Crippen LogP contribution < -0.4 is 5.19 Å². The maximum Gasteiger partial charge on any atom is 0.120 e. The summed E-state index contributed by atoms with van der Waals surface area (Å²) in [5, 5.41) is 3.27. The number of nitrogens with zero attached hydrogens (tertiary/aromatic N) is 3. The monoisotopic (exact) mass is 986 g/mol. The zero-order chi connectivity index (χ0) is 42.6. The average molecular weight is 986 g/mol. The molecule has 0 saturated heterocycles. The van der Waals surface area contributed by atoms with E-state index in [9.17, 15) is 0 Å². The molecule has 0 fully saturated rings. The summed E-state index contributed by atoms with van der Waals surface area (Å²) in [7, 11) is -1.77. The fourth-order valence-electron chi connectivity index (χ4n) is 8.57. The average Bonchev–Trinajstić information content (AvgIpc) is 4.01. The van der Waals surface area contributed by atoms with E-state index in [0.717, 1.165) is 84.0 Å². The van der Waals surface area contributed by atoms with Crippen molar-refractivity contribution in [2.75, 3.05) is 0 Å². The molecule has 0 aliphatic heterocycles. The number of imidazole rings is 1. The van der Waals surface area contributed by atoms with Crippen LogP contribution in [-0.4, -0.2) is 22.6 Å². The maximum absolute atomic E-state index is 9.04. The second-order valence-electron chi connectivity index (χ2n) is 16.5. The molecular formula is C55H45IrN3OSi-2. The molecular weight excluding hydrogens is 939 g/mol. The van der Waals surface area contributed by atoms with Gasteiger partial charge in [-0.3, -0.25) is 4.98 Å². The predicted octanol–water partition coefficient (Wildman–Crippen LogP) is 13.4. The maximum atomic E-state index is 9.04. The molecule has 1 aliphatic carbocycles. The molecule has 1 unspecified atom stereocenters. The van der Waals surface area contributed by atoms with E-state index in [1.165, 1.54) is 22.3 Å². The van der Waals surface area contributed by atoms with Gasteiger partial charge in [-0.15, -0.1) is 54.1 Å². The van der Waals surface area contributed by atoms with Gasteiger partial charge in [0.25, 0.3) is 0 Å². The van der Waals surface area contributed by atoms with Crippen molar-refractivity contribution >= 4 is 46.2 Å². The molecule has 7 aromatic carbocycles. The molecule has 11 rings (SSSR count). The first-order valence-corrected chi connectivity index (χ1v) is 24.1. The Morgan fingerprint density at radius 2 is 1.51 bits per heavy atom. The second kappa shape index (κ2) is 16.7. The molecule has 1 radical (unpaired) electrons. The topological polar surface area (TPSA) is 43.9 Å². The van der Waals surface area contributed by atoms with Crippen LogP contribution >= 0.6 is 0 Å². The summed E-state index contributed by atoms with van der Waals surface area (Å²) >= 11 is 0. The number of hydrogen-bond donors (Lipinski definition) is 0. The van der Waals surface area contributed by atoms with Gasteiger partial charge in [0.15, 0.2) is 0 Å². The van der Waals surface area contributed by atoms with E-state index >= 15 is 0 Å². The quantitative estimate of drug-likeness (QED) is 0.118. The van der Waals surface area contributed by atoms with Crippen LogP contribution in [0.5, 0.6) is 0 Å². The van der Waals surface area contributed by atoms with Crippen molar-refractivity contribution in [3.63, 3.8) is 0 Å². The van der Waals surface area contributed by atoms with Crippen LogP contribution in [-0.2, 0) is 32.9 Å². The SMILES string of the molecule is [2H]C([2H])(c1cc(-c2[c-]cccc2)ncc1[Si](C)(C)C)C(C)c1ccccc1.[Ir].[c-]1ccc2c(oc3ccccc32)c1-c1nc2ccccc2n1-c1cccc2c1Cc1ccccc1-2. The summed E-state index contributed by atoms with van der Waals surface area (Å²) in [6.45, 7) is 8.69. The number of furan rings is 1. The first-order valence-electron chi connectivity index (χ1n) is 21.6. The van der Waals surface area contributed by atoms with Crippen molar-refractivity contribution in [2.45, 2.75) is 45.3 Å². The zero-order valence-corrected chi connectivity index (χ0v) is 37.9. The van der Waals surface area contributed by atoms with Crippen molar-refractivity contribution in [1.29, 1.82) is 0 Å². The fourth-order valence-corrected chi connectivity index (χ4v) is 9.98. The Morgan fingerprint density at radius 1 is 0.754 bits per heavy atom. The summed E-state index contributed by atoms with van der Waals surface area (Å²) in [4.78, 5) is 9.78. The Kier molecular flexibility index (Phi) is 10.4. The Bertz CT molecular complexity index is 3260. The van der Waals surface area contributed by atoms with Crippen LogP contribution in [0.3, 0.4) is 0 Å². The van der Waals surface area contributed by atoms with Crippen LogP contribution in [0.2, 0.25) is 19.6 Å². The normalized spacial score (nSPS) is 13.1. The molecule has 10 aromatic rings. The molecule has 0 spiro atoms. The molecule has 1 aliphatic rings. The van der Waals surface area contributed by atoms with Gasteiger partial charge in [0.2, 0.25) is 0 Å². The van der Waals surface area contributed by atoms with Crippen molar-refractivity contribution < 1.29 is 27.3 Å². The van der Waals surface area contributed by atoms with Gasteiger partial charge in [-0.25, -0.2) is 0 Å². The van der Waals surface area contributed by atoms with Gasteiger partial charge >= 0.3 is 0 Å². The van der Waals surface area contributed by atoms with E-state index in [1.807, 2.05) is 104 Å². The summed E-state index contributed by atoms with van der Waals surface area (Å²) in [6, 6.07) is 62.1. The van der Waals surface area contributed by atoms with Gasteiger partial charge < -0.3 is 14.0 Å². The predicted molar refractivity (Wildman–Crippen MR) is 251 cm³/mol. The van der Waals surface area contributed by atoms with Crippen molar-refractivity contribution in [3.8, 4) is 39.5 Å². The van der Waals surface area contributed by atoms with Gasteiger partial charge in [-0.2, -0.15) is 0 Å². The molecule has 3 heterocycles. The number of fused-ring (bicyclic) bond motifs is 7. The van der Waals surface area contributed by atoms with Crippen molar-refractivity contribution in [3.05, 3.63) is 204 Å². The van der Waals surface area contributed by atoms with Crippen molar-refractivity contribution in [1.82, 2.24) is 14.5 Å². The Labute approximate surface area is 375 Å². The van der Waals surface area contributed by atoms with Crippen LogP contribution in [0.1, 0.15) is 37.8 Å². The summed E-state index contributed by atoms with van der Waals surface area (Å²) in [6.07, 6.45) is 1.31. The van der Waals surface area contributed by atoms with E-state index in [1.54, 1.807) is 0 Å². The minimum absolute atomic E-state index is 0. The number of hydrogen-bond acceptors (Lipinski definition) is 3. The molecule has 0 saturated carbocycles. The first kappa shape index (κ1) is 37.8. The Morgan fingerprint density at radius 3 is 2.34 bits per heavy atom. The molecule has 0 N–H and O–H groups in total. The van der Waals surface area contributed by atoms with Crippen LogP contribution in [0.25, 0.3) is 72.4 Å². The third-order valence-electron chi connectivity index (χ3n) is 11.6. The van der Waals surface area contributed by atoms with E-state index in [-0.39, 0.29) is 26.0 Å². The molecule has 3 aromatic heterocycles. The number of benzene rings is 7.